The molecule has 1 saturated heterocycles. The van der Waals surface area contributed by atoms with Crippen LogP contribution in [0.3, 0.4) is 0 Å². The Kier molecular flexibility index (Phi) is 3.91. The molecule has 2 atom stereocenters. The Labute approximate surface area is 97.2 Å². The van der Waals surface area contributed by atoms with Gasteiger partial charge < -0.3 is 10.1 Å². The molecular formula is C13H20N2O. The van der Waals surface area contributed by atoms with Gasteiger partial charge in [0, 0.05) is 31.6 Å². The summed E-state index contributed by atoms with van der Waals surface area (Å²) in [6.07, 6.45) is 5.00. The lowest BCUT2D eigenvalue weighted by Crippen LogP contribution is -2.33. The van der Waals surface area contributed by atoms with Crippen molar-refractivity contribution in [1.82, 2.24) is 10.3 Å². The summed E-state index contributed by atoms with van der Waals surface area (Å²) in [6, 6.07) is 2.70. The van der Waals surface area contributed by atoms with Gasteiger partial charge in [-0.2, -0.15) is 0 Å². The molecule has 0 aromatic carbocycles. The fourth-order valence-electron chi connectivity index (χ4n) is 2.11. The van der Waals surface area contributed by atoms with Crippen molar-refractivity contribution in [3.63, 3.8) is 0 Å². The highest BCUT2D eigenvalue weighted by Crippen LogP contribution is 2.16. The van der Waals surface area contributed by atoms with Crippen molar-refractivity contribution in [3.8, 4) is 0 Å². The molecule has 1 aromatic rings. The molecule has 3 nitrogen and oxygen atoms in total. The van der Waals surface area contributed by atoms with E-state index < -0.39 is 0 Å². The minimum Gasteiger partial charge on any atom is -0.381 e. The van der Waals surface area contributed by atoms with Gasteiger partial charge in [0.1, 0.15) is 0 Å². The lowest BCUT2D eigenvalue weighted by Gasteiger charge is -2.19. The van der Waals surface area contributed by atoms with Crippen molar-refractivity contribution >= 4 is 0 Å². The van der Waals surface area contributed by atoms with Crippen LogP contribution in [0.1, 0.15) is 24.5 Å². The van der Waals surface area contributed by atoms with Crippen LogP contribution in [0.2, 0.25) is 0 Å². The van der Waals surface area contributed by atoms with E-state index in [2.05, 4.69) is 30.2 Å². The smallest absolute Gasteiger partial charge is 0.0509 e. The molecule has 0 spiro atoms. The van der Waals surface area contributed by atoms with Gasteiger partial charge in [0.05, 0.1) is 6.61 Å². The number of hydrogen-bond acceptors (Lipinski definition) is 3. The molecule has 1 fully saturated rings. The number of pyridine rings is 1. The molecule has 16 heavy (non-hydrogen) atoms. The molecule has 0 radical (unpaired) electrons. The monoisotopic (exact) mass is 220 g/mol. The summed E-state index contributed by atoms with van der Waals surface area (Å²) in [7, 11) is 0. The molecule has 0 bridgehead atoms. The number of aryl methyl sites for hydroxylation is 1. The lowest BCUT2D eigenvalue weighted by molar-refractivity contribution is 0.178. The SMILES string of the molecule is Cc1cncc(CNC(C)C2CCOC2)c1. The van der Waals surface area contributed by atoms with Crippen molar-refractivity contribution in [2.45, 2.75) is 32.9 Å². The van der Waals surface area contributed by atoms with Crippen LogP contribution in [0, 0.1) is 12.8 Å². The third-order valence-electron chi connectivity index (χ3n) is 3.23. The van der Waals surface area contributed by atoms with Gasteiger partial charge in [-0.3, -0.25) is 4.98 Å². The van der Waals surface area contributed by atoms with Crippen molar-refractivity contribution in [2.24, 2.45) is 5.92 Å². The number of hydrogen-bond donors (Lipinski definition) is 1. The summed E-state index contributed by atoms with van der Waals surface area (Å²) in [4.78, 5) is 4.19. The van der Waals surface area contributed by atoms with Crippen molar-refractivity contribution < 1.29 is 4.74 Å². The zero-order valence-corrected chi connectivity index (χ0v) is 10.1. The highest BCUT2D eigenvalue weighted by Gasteiger charge is 2.21. The van der Waals surface area contributed by atoms with E-state index in [0.717, 1.165) is 19.8 Å². The quantitative estimate of drug-likeness (QED) is 0.841. The summed E-state index contributed by atoms with van der Waals surface area (Å²) in [5, 5.41) is 3.55. The summed E-state index contributed by atoms with van der Waals surface area (Å²) < 4.78 is 5.40. The molecule has 3 heteroatoms. The van der Waals surface area contributed by atoms with E-state index in [9.17, 15) is 0 Å². The number of nitrogens with one attached hydrogen (secondary N) is 1. The molecule has 2 unspecified atom stereocenters. The van der Waals surface area contributed by atoms with E-state index in [-0.39, 0.29) is 0 Å². The van der Waals surface area contributed by atoms with Gasteiger partial charge in [-0.1, -0.05) is 6.07 Å². The minimum absolute atomic E-state index is 0.517. The molecule has 1 aromatic heterocycles. The Bertz CT molecular complexity index is 334. The van der Waals surface area contributed by atoms with Crippen LogP contribution in [0.4, 0.5) is 0 Å². The fraction of sp³-hybridized carbons (Fsp3) is 0.615. The summed E-state index contributed by atoms with van der Waals surface area (Å²) in [5.41, 5.74) is 2.47. The van der Waals surface area contributed by atoms with Gasteiger partial charge >= 0.3 is 0 Å². The van der Waals surface area contributed by atoms with Crippen LogP contribution in [0.25, 0.3) is 0 Å². The van der Waals surface area contributed by atoms with E-state index >= 15 is 0 Å². The van der Waals surface area contributed by atoms with Crippen molar-refractivity contribution in [2.75, 3.05) is 13.2 Å². The molecule has 2 heterocycles. The average molecular weight is 220 g/mol. The maximum absolute atomic E-state index is 5.40. The van der Waals surface area contributed by atoms with E-state index in [1.807, 2.05) is 12.4 Å². The Morgan fingerprint density at radius 3 is 3.12 bits per heavy atom. The second-order valence-electron chi connectivity index (χ2n) is 4.66. The molecular weight excluding hydrogens is 200 g/mol. The van der Waals surface area contributed by atoms with Gasteiger partial charge in [-0.15, -0.1) is 0 Å². The standard InChI is InChI=1S/C13H20N2O/c1-10-5-12(7-14-6-10)8-15-11(2)13-3-4-16-9-13/h5-7,11,13,15H,3-4,8-9H2,1-2H3. The third kappa shape index (κ3) is 3.03. The molecule has 1 aliphatic heterocycles. The van der Waals surface area contributed by atoms with Gasteiger partial charge in [0.15, 0.2) is 0 Å². The Hall–Kier alpha value is -0.930. The second-order valence-corrected chi connectivity index (χ2v) is 4.66. The number of nitrogens with zero attached hydrogens (tertiary/aromatic N) is 1. The minimum atomic E-state index is 0.517. The van der Waals surface area contributed by atoms with Crippen LogP contribution < -0.4 is 5.32 Å². The van der Waals surface area contributed by atoms with Gasteiger partial charge in [0.2, 0.25) is 0 Å². The summed E-state index contributed by atoms with van der Waals surface area (Å²) in [6.45, 7) is 7.03. The predicted octanol–water partition coefficient (Wildman–Crippen LogP) is 1.90. The maximum Gasteiger partial charge on any atom is 0.0509 e. The Balaban J connectivity index is 1.82. The first kappa shape index (κ1) is 11.6. The van der Waals surface area contributed by atoms with E-state index in [1.165, 1.54) is 17.5 Å². The van der Waals surface area contributed by atoms with Crippen molar-refractivity contribution in [1.29, 1.82) is 0 Å². The molecule has 88 valence electrons. The Morgan fingerprint density at radius 2 is 2.44 bits per heavy atom. The topological polar surface area (TPSA) is 34.2 Å². The zero-order chi connectivity index (χ0) is 11.4. The summed E-state index contributed by atoms with van der Waals surface area (Å²) >= 11 is 0. The first-order valence-electron chi connectivity index (χ1n) is 5.97. The molecule has 1 N–H and O–H groups in total. The third-order valence-corrected chi connectivity index (χ3v) is 3.23. The maximum atomic E-state index is 5.40. The molecule has 2 rings (SSSR count). The number of ether oxygens (including phenoxy) is 1. The predicted molar refractivity (Wildman–Crippen MR) is 64.2 cm³/mol. The normalized spacial score (nSPS) is 22.2. The average Bonchev–Trinajstić information content (AvgIpc) is 2.79. The van der Waals surface area contributed by atoms with E-state index in [4.69, 9.17) is 4.74 Å². The Morgan fingerprint density at radius 1 is 1.56 bits per heavy atom. The molecule has 0 aliphatic carbocycles. The van der Waals surface area contributed by atoms with Crippen LogP contribution in [-0.4, -0.2) is 24.2 Å². The summed E-state index contributed by atoms with van der Waals surface area (Å²) in [5.74, 6) is 0.665. The zero-order valence-electron chi connectivity index (χ0n) is 10.1. The number of aromatic nitrogens is 1. The highest BCUT2D eigenvalue weighted by molar-refractivity contribution is 5.16. The second kappa shape index (κ2) is 5.41. The van der Waals surface area contributed by atoms with Gasteiger partial charge in [0.25, 0.3) is 0 Å². The number of rotatable bonds is 4. The largest absolute Gasteiger partial charge is 0.381 e. The molecule has 1 aliphatic rings. The van der Waals surface area contributed by atoms with Crippen LogP contribution in [0.15, 0.2) is 18.5 Å². The molecule has 0 amide bonds. The lowest BCUT2D eigenvalue weighted by atomic mass is 10.0. The van der Waals surface area contributed by atoms with Crippen molar-refractivity contribution in [3.05, 3.63) is 29.6 Å². The van der Waals surface area contributed by atoms with E-state index in [1.54, 1.807) is 0 Å². The van der Waals surface area contributed by atoms with Gasteiger partial charge in [-0.25, -0.2) is 0 Å². The van der Waals surface area contributed by atoms with Crippen LogP contribution in [-0.2, 0) is 11.3 Å². The first-order valence-corrected chi connectivity index (χ1v) is 5.97. The molecule has 0 saturated carbocycles. The fourth-order valence-corrected chi connectivity index (χ4v) is 2.11. The van der Waals surface area contributed by atoms with Gasteiger partial charge in [-0.05, 0) is 37.3 Å². The van der Waals surface area contributed by atoms with Crippen LogP contribution >= 0.6 is 0 Å². The van der Waals surface area contributed by atoms with Crippen LogP contribution in [0.5, 0.6) is 0 Å². The van der Waals surface area contributed by atoms with E-state index in [0.29, 0.717) is 12.0 Å². The highest BCUT2D eigenvalue weighted by atomic mass is 16.5. The first-order chi connectivity index (χ1) is 7.75.